The maximum absolute atomic E-state index is 13.2. The number of carbonyl (C=O) groups is 1. The highest BCUT2D eigenvalue weighted by molar-refractivity contribution is 5.95. The fourth-order valence-electron chi connectivity index (χ4n) is 1.79. The van der Waals surface area contributed by atoms with Crippen molar-refractivity contribution in [2.24, 2.45) is 0 Å². The van der Waals surface area contributed by atoms with Gasteiger partial charge in [0.05, 0.1) is 19.9 Å². The third-order valence-corrected chi connectivity index (χ3v) is 2.92. The second-order valence-corrected chi connectivity index (χ2v) is 4.25. The largest absolute Gasteiger partial charge is 0.497 e. The Bertz CT molecular complexity index is 629. The zero-order chi connectivity index (χ0) is 15.2. The first kappa shape index (κ1) is 14.8. The average molecular weight is 290 g/mol. The maximum atomic E-state index is 13.2. The van der Waals surface area contributed by atoms with E-state index < -0.39 is 11.9 Å². The van der Waals surface area contributed by atoms with Gasteiger partial charge >= 0.3 is 5.97 Å². The lowest BCUT2D eigenvalue weighted by Crippen LogP contribution is -2.09. The summed E-state index contributed by atoms with van der Waals surface area (Å²) in [6.45, 7) is 0.428. The standard InChI is InChI=1S/C15H15FN2O3/c1-20-11-5-3-10(4-6-11)8-17-13-7-14(16)18-9-12(13)15(19)21-2/h3-7,9H,8H2,1-2H3,(H,17,18). The molecule has 0 radical (unpaired) electrons. The highest BCUT2D eigenvalue weighted by Crippen LogP contribution is 2.18. The fraction of sp³-hybridized carbons (Fsp3) is 0.200. The lowest BCUT2D eigenvalue weighted by molar-refractivity contribution is 0.0601. The van der Waals surface area contributed by atoms with E-state index >= 15 is 0 Å². The van der Waals surface area contributed by atoms with Crippen molar-refractivity contribution < 1.29 is 18.7 Å². The van der Waals surface area contributed by atoms with Gasteiger partial charge in [0.15, 0.2) is 0 Å². The minimum Gasteiger partial charge on any atom is -0.497 e. The van der Waals surface area contributed by atoms with Gasteiger partial charge in [0.1, 0.15) is 11.3 Å². The van der Waals surface area contributed by atoms with Crippen LogP contribution in [0.4, 0.5) is 10.1 Å². The van der Waals surface area contributed by atoms with Crippen LogP contribution in [0.3, 0.4) is 0 Å². The van der Waals surface area contributed by atoms with Crippen molar-refractivity contribution in [3.8, 4) is 5.75 Å². The Labute approximate surface area is 121 Å². The van der Waals surface area contributed by atoms with Crippen LogP contribution in [-0.4, -0.2) is 25.2 Å². The molecule has 0 saturated heterocycles. The number of rotatable bonds is 5. The molecule has 0 atom stereocenters. The first-order chi connectivity index (χ1) is 10.1. The number of anilines is 1. The summed E-state index contributed by atoms with van der Waals surface area (Å²) in [4.78, 5) is 15.1. The van der Waals surface area contributed by atoms with Gasteiger partial charge in [-0.3, -0.25) is 0 Å². The topological polar surface area (TPSA) is 60.5 Å². The molecule has 0 saturated carbocycles. The molecule has 0 aliphatic heterocycles. The predicted octanol–water partition coefficient (Wildman–Crippen LogP) is 2.63. The van der Waals surface area contributed by atoms with Crippen molar-refractivity contribution in [3.63, 3.8) is 0 Å². The van der Waals surface area contributed by atoms with Crippen LogP contribution in [0.15, 0.2) is 36.5 Å². The first-order valence-corrected chi connectivity index (χ1v) is 6.24. The van der Waals surface area contributed by atoms with E-state index in [2.05, 4.69) is 15.0 Å². The Morgan fingerprint density at radius 2 is 2.00 bits per heavy atom. The summed E-state index contributed by atoms with van der Waals surface area (Å²) >= 11 is 0. The van der Waals surface area contributed by atoms with Crippen molar-refractivity contribution in [1.29, 1.82) is 0 Å². The highest BCUT2D eigenvalue weighted by atomic mass is 19.1. The van der Waals surface area contributed by atoms with Crippen LogP contribution in [0, 0.1) is 5.95 Å². The molecular formula is C15H15FN2O3. The molecule has 0 amide bonds. The molecule has 0 unspecified atom stereocenters. The van der Waals surface area contributed by atoms with Gasteiger partial charge in [0.2, 0.25) is 5.95 Å². The van der Waals surface area contributed by atoms with E-state index in [0.717, 1.165) is 23.6 Å². The average Bonchev–Trinajstić information content (AvgIpc) is 2.52. The summed E-state index contributed by atoms with van der Waals surface area (Å²) in [5.41, 5.74) is 1.49. The van der Waals surface area contributed by atoms with Crippen LogP contribution in [0.25, 0.3) is 0 Å². The normalized spacial score (nSPS) is 10.0. The molecule has 0 bridgehead atoms. The summed E-state index contributed by atoms with van der Waals surface area (Å²) in [6, 6.07) is 8.56. The number of methoxy groups -OCH3 is 2. The molecule has 0 aliphatic carbocycles. The van der Waals surface area contributed by atoms with Crippen LogP contribution in [-0.2, 0) is 11.3 Å². The molecule has 2 rings (SSSR count). The zero-order valence-corrected chi connectivity index (χ0v) is 11.7. The van der Waals surface area contributed by atoms with E-state index in [1.165, 1.54) is 7.11 Å². The third kappa shape index (κ3) is 3.68. The number of halogens is 1. The van der Waals surface area contributed by atoms with Crippen molar-refractivity contribution >= 4 is 11.7 Å². The Morgan fingerprint density at radius 1 is 1.29 bits per heavy atom. The number of nitrogens with zero attached hydrogens (tertiary/aromatic N) is 1. The molecule has 0 spiro atoms. The van der Waals surface area contributed by atoms with Gasteiger partial charge in [-0.25, -0.2) is 9.78 Å². The Morgan fingerprint density at radius 3 is 2.62 bits per heavy atom. The summed E-state index contributed by atoms with van der Waals surface area (Å²) in [7, 11) is 2.86. The molecule has 1 aromatic carbocycles. The number of esters is 1. The molecule has 1 aromatic heterocycles. The van der Waals surface area contributed by atoms with Gasteiger partial charge in [-0.15, -0.1) is 0 Å². The Kier molecular flexibility index (Phi) is 4.71. The lowest BCUT2D eigenvalue weighted by Gasteiger charge is -2.11. The number of pyridine rings is 1. The van der Waals surface area contributed by atoms with E-state index in [-0.39, 0.29) is 5.56 Å². The molecule has 110 valence electrons. The fourth-order valence-corrected chi connectivity index (χ4v) is 1.79. The minimum atomic E-state index is -0.667. The van der Waals surface area contributed by atoms with Gasteiger partial charge in [-0.2, -0.15) is 4.39 Å². The van der Waals surface area contributed by atoms with Crippen molar-refractivity contribution in [2.45, 2.75) is 6.54 Å². The second-order valence-electron chi connectivity index (χ2n) is 4.25. The highest BCUT2D eigenvalue weighted by Gasteiger charge is 2.13. The number of hydrogen-bond donors (Lipinski definition) is 1. The Balaban J connectivity index is 2.14. The number of carbonyl (C=O) groups excluding carboxylic acids is 1. The van der Waals surface area contributed by atoms with Crippen molar-refractivity contribution in [1.82, 2.24) is 4.98 Å². The molecule has 6 heteroatoms. The molecule has 0 fully saturated rings. The molecule has 1 N–H and O–H groups in total. The van der Waals surface area contributed by atoms with E-state index in [9.17, 15) is 9.18 Å². The number of hydrogen-bond acceptors (Lipinski definition) is 5. The number of benzene rings is 1. The smallest absolute Gasteiger partial charge is 0.341 e. The molecule has 5 nitrogen and oxygen atoms in total. The van der Waals surface area contributed by atoms with Crippen molar-refractivity contribution in [3.05, 3.63) is 53.6 Å². The van der Waals surface area contributed by atoms with E-state index in [4.69, 9.17) is 4.74 Å². The summed E-state index contributed by atoms with van der Waals surface area (Å²) in [6.07, 6.45) is 1.15. The van der Waals surface area contributed by atoms with Crippen molar-refractivity contribution in [2.75, 3.05) is 19.5 Å². The Hall–Kier alpha value is -2.63. The monoisotopic (exact) mass is 290 g/mol. The quantitative estimate of drug-likeness (QED) is 0.677. The van der Waals surface area contributed by atoms with Gasteiger partial charge in [0.25, 0.3) is 0 Å². The number of ether oxygens (including phenoxy) is 2. The molecule has 0 aliphatic rings. The summed E-state index contributed by atoms with van der Waals surface area (Å²) < 4.78 is 22.9. The molecule has 2 aromatic rings. The minimum absolute atomic E-state index is 0.187. The summed E-state index contributed by atoms with van der Waals surface area (Å²) in [5, 5.41) is 3.00. The lowest BCUT2D eigenvalue weighted by atomic mass is 10.2. The van der Waals surface area contributed by atoms with Crippen LogP contribution in [0.2, 0.25) is 0 Å². The van der Waals surface area contributed by atoms with Gasteiger partial charge in [0, 0.05) is 18.8 Å². The number of aromatic nitrogens is 1. The van der Waals surface area contributed by atoms with E-state index in [1.807, 2.05) is 24.3 Å². The first-order valence-electron chi connectivity index (χ1n) is 6.24. The van der Waals surface area contributed by atoms with Gasteiger partial charge in [-0.05, 0) is 17.7 Å². The molecule has 1 heterocycles. The van der Waals surface area contributed by atoms with Crippen LogP contribution in [0.1, 0.15) is 15.9 Å². The number of nitrogens with one attached hydrogen (secondary N) is 1. The van der Waals surface area contributed by atoms with E-state index in [0.29, 0.717) is 12.2 Å². The van der Waals surface area contributed by atoms with Crippen LogP contribution < -0.4 is 10.1 Å². The SMILES string of the molecule is COC(=O)c1cnc(F)cc1NCc1ccc(OC)cc1. The zero-order valence-electron chi connectivity index (χ0n) is 11.7. The second kappa shape index (κ2) is 6.69. The molecule has 21 heavy (non-hydrogen) atoms. The van der Waals surface area contributed by atoms with Gasteiger partial charge in [-0.1, -0.05) is 12.1 Å². The third-order valence-electron chi connectivity index (χ3n) is 2.92. The van der Waals surface area contributed by atoms with Crippen LogP contribution >= 0.6 is 0 Å². The van der Waals surface area contributed by atoms with E-state index in [1.54, 1.807) is 7.11 Å². The van der Waals surface area contributed by atoms with Gasteiger partial charge < -0.3 is 14.8 Å². The molecular weight excluding hydrogens is 275 g/mol. The van der Waals surface area contributed by atoms with Crippen LogP contribution in [0.5, 0.6) is 5.75 Å². The maximum Gasteiger partial charge on any atom is 0.341 e. The predicted molar refractivity (Wildman–Crippen MR) is 75.9 cm³/mol. The summed E-state index contributed by atoms with van der Waals surface area (Å²) in [5.74, 6) is -0.483.